The fourth-order valence-corrected chi connectivity index (χ4v) is 3.88. The summed E-state index contributed by atoms with van der Waals surface area (Å²) in [6, 6.07) is 7.09. The van der Waals surface area contributed by atoms with Gasteiger partial charge in [-0.1, -0.05) is 12.1 Å². The van der Waals surface area contributed by atoms with E-state index in [1.54, 1.807) is 5.01 Å². The lowest BCUT2D eigenvalue weighted by Gasteiger charge is -2.43. The van der Waals surface area contributed by atoms with E-state index in [0.29, 0.717) is 6.04 Å². The summed E-state index contributed by atoms with van der Waals surface area (Å²) in [6.07, 6.45) is 3.50. The van der Waals surface area contributed by atoms with Crippen molar-refractivity contribution in [1.29, 1.82) is 0 Å². The number of carbonyl (C=O) groups excluding carboxylic acids is 1. The Hall–Kier alpha value is -2.00. The molecule has 3 rings (SSSR count). The van der Waals surface area contributed by atoms with E-state index in [0.717, 1.165) is 56.9 Å². The average molecular weight is 375 g/mol. The van der Waals surface area contributed by atoms with Crippen LogP contribution in [0.3, 0.4) is 0 Å². The van der Waals surface area contributed by atoms with E-state index in [9.17, 15) is 9.59 Å². The van der Waals surface area contributed by atoms with E-state index in [-0.39, 0.29) is 6.42 Å². The highest BCUT2D eigenvalue weighted by molar-refractivity contribution is 5.75. The van der Waals surface area contributed by atoms with Crippen molar-refractivity contribution in [3.05, 3.63) is 29.8 Å². The molecule has 148 valence electrons. The molecule has 1 aromatic rings. The zero-order valence-electron chi connectivity index (χ0n) is 15.6. The molecule has 0 aliphatic carbocycles. The third-order valence-electron chi connectivity index (χ3n) is 5.49. The number of anilines is 1. The van der Waals surface area contributed by atoms with E-state index in [1.165, 1.54) is 12.8 Å². The van der Waals surface area contributed by atoms with Crippen LogP contribution in [0.4, 0.5) is 5.69 Å². The number of carboxylic acids is 1. The number of amides is 1. The van der Waals surface area contributed by atoms with Gasteiger partial charge in [-0.3, -0.25) is 14.5 Å². The van der Waals surface area contributed by atoms with Crippen LogP contribution < -0.4 is 16.1 Å². The number of piperazine rings is 1. The van der Waals surface area contributed by atoms with Crippen molar-refractivity contribution in [1.82, 2.24) is 15.2 Å². The van der Waals surface area contributed by atoms with Crippen LogP contribution in [-0.4, -0.2) is 78.7 Å². The lowest BCUT2D eigenvalue weighted by atomic mass is 10.0. The fraction of sp³-hybridized carbons (Fsp3) is 0.579. The van der Waals surface area contributed by atoms with Gasteiger partial charge in [0, 0.05) is 32.2 Å². The third kappa shape index (κ3) is 5.04. The molecule has 8 heteroatoms. The van der Waals surface area contributed by atoms with Gasteiger partial charge in [-0.05, 0) is 50.0 Å². The van der Waals surface area contributed by atoms with E-state index in [1.807, 2.05) is 24.3 Å². The smallest absolute Gasteiger partial charge is 0.320 e. The number of benzene rings is 1. The van der Waals surface area contributed by atoms with Gasteiger partial charge in [0.05, 0.1) is 5.69 Å². The molecule has 1 amide bonds. The van der Waals surface area contributed by atoms with Crippen molar-refractivity contribution in [2.75, 3.05) is 44.3 Å². The van der Waals surface area contributed by atoms with Gasteiger partial charge >= 0.3 is 5.97 Å². The van der Waals surface area contributed by atoms with Gasteiger partial charge in [-0.25, -0.2) is 10.0 Å². The van der Waals surface area contributed by atoms with Crippen molar-refractivity contribution < 1.29 is 14.7 Å². The summed E-state index contributed by atoms with van der Waals surface area (Å²) in [5, 5.41) is 16.0. The number of aliphatic carboxylic acids is 1. The van der Waals surface area contributed by atoms with Gasteiger partial charge in [0.1, 0.15) is 6.04 Å². The summed E-state index contributed by atoms with van der Waals surface area (Å²) in [5.41, 5.74) is 7.21. The molecule has 0 unspecified atom stereocenters. The standard InChI is InChI=1S/C19H29N5O3/c20-18(19(26)27)13-15-1-3-17(4-2-15)24(14-25)23-11-9-22(10-12-23)16-5-7-21-8-6-16/h1-4,14,16,18,21H,5-13,20H2,(H,26,27)/t18-/m0/s1. The van der Waals surface area contributed by atoms with Crippen LogP contribution in [-0.2, 0) is 16.0 Å². The lowest BCUT2D eigenvalue weighted by molar-refractivity contribution is -0.138. The molecular formula is C19H29N5O3. The van der Waals surface area contributed by atoms with Gasteiger partial charge in [-0.15, -0.1) is 0 Å². The summed E-state index contributed by atoms with van der Waals surface area (Å²) >= 11 is 0. The monoisotopic (exact) mass is 375 g/mol. The second kappa shape index (κ2) is 9.27. The summed E-state index contributed by atoms with van der Waals surface area (Å²) in [6.45, 7) is 5.72. The van der Waals surface area contributed by atoms with E-state index < -0.39 is 12.0 Å². The van der Waals surface area contributed by atoms with Crippen LogP contribution in [0.2, 0.25) is 0 Å². The Balaban J connectivity index is 1.57. The second-order valence-electron chi connectivity index (χ2n) is 7.24. The van der Waals surface area contributed by atoms with Crippen LogP contribution in [0.25, 0.3) is 0 Å². The number of nitrogens with zero attached hydrogens (tertiary/aromatic N) is 3. The number of hydrogen-bond donors (Lipinski definition) is 3. The summed E-state index contributed by atoms with van der Waals surface area (Å²) in [5.74, 6) is -1.01. The zero-order chi connectivity index (χ0) is 19.2. The van der Waals surface area contributed by atoms with Crippen LogP contribution in [0.5, 0.6) is 0 Å². The number of hydrogen-bond acceptors (Lipinski definition) is 6. The fourth-order valence-electron chi connectivity index (χ4n) is 3.88. The Labute approximate surface area is 159 Å². The Kier molecular flexibility index (Phi) is 6.78. The highest BCUT2D eigenvalue weighted by Gasteiger charge is 2.27. The molecule has 4 N–H and O–H groups in total. The van der Waals surface area contributed by atoms with Crippen molar-refractivity contribution in [2.24, 2.45) is 5.73 Å². The molecule has 1 atom stereocenters. The first kappa shape index (κ1) is 19.8. The molecule has 0 bridgehead atoms. The third-order valence-corrected chi connectivity index (χ3v) is 5.49. The molecule has 1 aromatic carbocycles. The molecule has 2 aliphatic rings. The first-order chi connectivity index (χ1) is 13.1. The Bertz CT molecular complexity index is 625. The average Bonchev–Trinajstić information content (AvgIpc) is 2.71. The Morgan fingerprint density at radius 1 is 1.22 bits per heavy atom. The quantitative estimate of drug-likeness (QED) is 0.572. The molecule has 0 saturated carbocycles. The number of rotatable bonds is 7. The number of carboxylic acid groups (broad SMARTS) is 1. The van der Waals surface area contributed by atoms with Gasteiger partial charge in [0.2, 0.25) is 6.41 Å². The highest BCUT2D eigenvalue weighted by atomic mass is 16.4. The lowest BCUT2D eigenvalue weighted by Crippen LogP contribution is -2.57. The Morgan fingerprint density at radius 2 is 1.85 bits per heavy atom. The molecule has 0 aromatic heterocycles. The van der Waals surface area contributed by atoms with Crippen LogP contribution in [0.15, 0.2) is 24.3 Å². The van der Waals surface area contributed by atoms with Gasteiger partial charge in [-0.2, -0.15) is 0 Å². The molecule has 2 aliphatic heterocycles. The number of piperidine rings is 1. The molecule has 0 spiro atoms. The van der Waals surface area contributed by atoms with Crippen molar-refractivity contribution in [3.8, 4) is 0 Å². The first-order valence-corrected chi connectivity index (χ1v) is 9.60. The molecule has 2 saturated heterocycles. The highest BCUT2D eigenvalue weighted by Crippen LogP contribution is 2.20. The number of hydrazine groups is 1. The molecule has 2 heterocycles. The van der Waals surface area contributed by atoms with E-state index in [4.69, 9.17) is 10.8 Å². The zero-order valence-corrected chi connectivity index (χ0v) is 15.6. The Morgan fingerprint density at radius 3 is 2.41 bits per heavy atom. The molecule has 8 nitrogen and oxygen atoms in total. The minimum atomic E-state index is -1.01. The topological polar surface area (TPSA) is 102 Å². The van der Waals surface area contributed by atoms with Gasteiger partial charge in [0.15, 0.2) is 0 Å². The van der Waals surface area contributed by atoms with Crippen molar-refractivity contribution in [3.63, 3.8) is 0 Å². The normalized spacial score (nSPS) is 20.9. The molecule has 27 heavy (non-hydrogen) atoms. The van der Waals surface area contributed by atoms with Crippen molar-refractivity contribution >= 4 is 18.1 Å². The number of nitrogens with one attached hydrogen (secondary N) is 1. The van der Waals surface area contributed by atoms with Crippen LogP contribution in [0.1, 0.15) is 18.4 Å². The summed E-state index contributed by atoms with van der Waals surface area (Å²) in [7, 11) is 0. The van der Waals surface area contributed by atoms with Crippen molar-refractivity contribution in [2.45, 2.75) is 31.3 Å². The number of carbonyl (C=O) groups is 2. The van der Waals surface area contributed by atoms with Crippen LogP contribution in [0, 0.1) is 0 Å². The SMILES string of the molecule is N[C@@H](Cc1ccc(N(C=O)N2CCN(C3CCNCC3)CC2)cc1)C(=O)O. The van der Waals surface area contributed by atoms with E-state index in [2.05, 4.69) is 15.2 Å². The maximum absolute atomic E-state index is 11.7. The molecule has 2 fully saturated rings. The largest absolute Gasteiger partial charge is 0.480 e. The van der Waals surface area contributed by atoms with Gasteiger partial charge < -0.3 is 16.2 Å². The summed E-state index contributed by atoms with van der Waals surface area (Å²) in [4.78, 5) is 25.1. The predicted octanol–water partition coefficient (Wildman–Crippen LogP) is -0.112. The molecule has 0 radical (unpaired) electrons. The van der Waals surface area contributed by atoms with E-state index >= 15 is 0 Å². The summed E-state index contributed by atoms with van der Waals surface area (Å²) < 4.78 is 0. The molecular weight excluding hydrogens is 346 g/mol. The van der Waals surface area contributed by atoms with Gasteiger partial charge in [0.25, 0.3) is 0 Å². The first-order valence-electron chi connectivity index (χ1n) is 9.60. The minimum Gasteiger partial charge on any atom is -0.480 e. The minimum absolute atomic E-state index is 0.269. The predicted molar refractivity (Wildman–Crippen MR) is 103 cm³/mol. The maximum atomic E-state index is 11.7. The second-order valence-corrected chi connectivity index (χ2v) is 7.24. The van der Waals surface area contributed by atoms with Crippen LogP contribution >= 0.6 is 0 Å². The number of nitrogens with two attached hydrogens (primary N) is 1. The maximum Gasteiger partial charge on any atom is 0.320 e.